The molecule has 9 nitrogen and oxygen atoms in total. The minimum Gasteiger partial charge on any atom is -0.493 e. The Kier molecular flexibility index (Phi) is 7.03. The number of urea groups is 1. The van der Waals surface area contributed by atoms with E-state index in [9.17, 15) is 19.2 Å². The zero-order valence-corrected chi connectivity index (χ0v) is 19.6. The van der Waals surface area contributed by atoms with Crippen LogP contribution in [-0.4, -0.2) is 36.0 Å². The first-order chi connectivity index (χ1) is 17.3. The number of ether oxygens (including phenoxy) is 2. The van der Waals surface area contributed by atoms with Gasteiger partial charge < -0.3 is 14.6 Å². The van der Waals surface area contributed by atoms with Crippen LogP contribution in [0.1, 0.15) is 21.5 Å². The van der Waals surface area contributed by atoms with Crippen LogP contribution in [0.2, 0.25) is 5.02 Å². The van der Waals surface area contributed by atoms with Crippen molar-refractivity contribution in [3.05, 3.63) is 94.0 Å². The monoisotopic (exact) mass is 506 g/mol. The predicted molar refractivity (Wildman–Crippen MR) is 131 cm³/mol. The largest absolute Gasteiger partial charge is 0.493 e. The van der Waals surface area contributed by atoms with Gasteiger partial charge >= 0.3 is 12.0 Å². The highest BCUT2D eigenvalue weighted by Gasteiger charge is 2.36. The molecule has 0 bridgehead atoms. The number of halogens is 1. The lowest BCUT2D eigenvalue weighted by Crippen LogP contribution is -2.54. The van der Waals surface area contributed by atoms with Gasteiger partial charge in [-0.15, -0.1) is 0 Å². The smallest absolute Gasteiger partial charge is 0.335 e. The first kappa shape index (κ1) is 24.5. The molecule has 1 heterocycles. The van der Waals surface area contributed by atoms with Gasteiger partial charge in [0.05, 0.1) is 18.4 Å². The number of aromatic carboxylic acids is 1. The fraction of sp³-hybridized carbons (Fsp3) is 0.0769. The van der Waals surface area contributed by atoms with Gasteiger partial charge in [0.25, 0.3) is 11.8 Å². The molecule has 0 aliphatic carbocycles. The number of methoxy groups -OCH3 is 1. The first-order valence-electron chi connectivity index (χ1n) is 10.6. The summed E-state index contributed by atoms with van der Waals surface area (Å²) in [4.78, 5) is 49.8. The van der Waals surface area contributed by atoms with Crippen molar-refractivity contribution in [1.29, 1.82) is 0 Å². The second-order valence-corrected chi connectivity index (χ2v) is 8.08. The van der Waals surface area contributed by atoms with E-state index >= 15 is 0 Å². The molecule has 0 atom stereocenters. The maximum absolute atomic E-state index is 13.0. The Morgan fingerprint density at radius 3 is 2.47 bits per heavy atom. The average molecular weight is 507 g/mol. The van der Waals surface area contributed by atoms with Crippen molar-refractivity contribution in [3.63, 3.8) is 0 Å². The molecular weight excluding hydrogens is 488 g/mol. The minimum absolute atomic E-state index is 0.0942. The molecular formula is C26H19ClN2O7. The number of hydrogen-bond donors (Lipinski definition) is 2. The summed E-state index contributed by atoms with van der Waals surface area (Å²) < 4.78 is 11.2. The normalized spacial score (nSPS) is 14.6. The van der Waals surface area contributed by atoms with E-state index in [2.05, 4.69) is 5.32 Å². The fourth-order valence-electron chi connectivity index (χ4n) is 3.50. The third kappa shape index (κ3) is 5.21. The highest BCUT2D eigenvalue weighted by atomic mass is 35.5. The summed E-state index contributed by atoms with van der Waals surface area (Å²) in [6, 6.07) is 16.3. The number of carboxylic acid groups (broad SMARTS) is 1. The maximum Gasteiger partial charge on any atom is 0.335 e. The quantitative estimate of drug-likeness (QED) is 0.362. The molecule has 0 spiro atoms. The van der Waals surface area contributed by atoms with Gasteiger partial charge in [-0.05, 0) is 65.7 Å². The van der Waals surface area contributed by atoms with Crippen LogP contribution in [0.25, 0.3) is 6.08 Å². The molecule has 0 radical (unpaired) electrons. The lowest BCUT2D eigenvalue weighted by Gasteiger charge is -2.26. The molecule has 1 aliphatic heterocycles. The molecule has 1 saturated heterocycles. The van der Waals surface area contributed by atoms with E-state index in [4.69, 9.17) is 26.2 Å². The topological polar surface area (TPSA) is 122 Å². The first-order valence-corrected chi connectivity index (χ1v) is 10.9. The molecule has 3 aromatic carbocycles. The zero-order valence-electron chi connectivity index (χ0n) is 18.9. The second kappa shape index (κ2) is 10.3. The molecule has 36 heavy (non-hydrogen) atoms. The molecule has 3 aromatic rings. The van der Waals surface area contributed by atoms with Crippen LogP contribution in [0.4, 0.5) is 10.5 Å². The van der Waals surface area contributed by atoms with Gasteiger partial charge in [0, 0.05) is 5.02 Å². The van der Waals surface area contributed by atoms with E-state index in [1.807, 2.05) is 0 Å². The summed E-state index contributed by atoms with van der Waals surface area (Å²) >= 11 is 5.89. The van der Waals surface area contributed by atoms with Gasteiger partial charge in [0.2, 0.25) is 0 Å². The Labute approximate surface area is 210 Å². The maximum atomic E-state index is 13.0. The Morgan fingerprint density at radius 2 is 1.78 bits per heavy atom. The van der Waals surface area contributed by atoms with Gasteiger partial charge in [-0.3, -0.25) is 14.9 Å². The Balaban J connectivity index is 1.57. The molecule has 0 saturated carbocycles. The minimum atomic E-state index is -1.04. The van der Waals surface area contributed by atoms with Gasteiger partial charge in [0.1, 0.15) is 12.2 Å². The molecule has 4 amide bonds. The summed E-state index contributed by atoms with van der Waals surface area (Å²) in [5.41, 5.74) is 1.27. The summed E-state index contributed by atoms with van der Waals surface area (Å²) in [5, 5.41) is 11.7. The van der Waals surface area contributed by atoms with Crippen LogP contribution in [0, 0.1) is 0 Å². The van der Waals surface area contributed by atoms with Gasteiger partial charge in [-0.1, -0.05) is 29.8 Å². The standard InChI is InChI=1S/C26H19ClN2O7/c1-35-22-13-15(5-10-21(22)36-14-16-3-2-4-17(11-16)25(32)33)12-20-23(30)28-26(34)29(24(20)31)19-8-6-18(27)7-9-19/h2-13H,14H2,1H3,(H,32,33)(H,28,30,34)/b20-12+. The summed E-state index contributed by atoms with van der Waals surface area (Å²) in [7, 11) is 1.43. The van der Waals surface area contributed by atoms with Crippen molar-refractivity contribution in [2.75, 3.05) is 12.0 Å². The van der Waals surface area contributed by atoms with Crippen LogP contribution in [0.15, 0.2) is 72.3 Å². The molecule has 4 rings (SSSR count). The Bertz CT molecular complexity index is 1400. The number of benzene rings is 3. The number of amides is 4. The van der Waals surface area contributed by atoms with Crippen molar-refractivity contribution in [2.24, 2.45) is 0 Å². The highest BCUT2D eigenvalue weighted by molar-refractivity contribution is 6.39. The van der Waals surface area contributed by atoms with E-state index in [0.717, 1.165) is 4.90 Å². The number of nitrogens with one attached hydrogen (secondary N) is 1. The number of rotatable bonds is 7. The fourth-order valence-corrected chi connectivity index (χ4v) is 3.62. The van der Waals surface area contributed by atoms with Crippen LogP contribution in [-0.2, 0) is 16.2 Å². The van der Waals surface area contributed by atoms with Crippen LogP contribution in [0.5, 0.6) is 11.5 Å². The van der Waals surface area contributed by atoms with Crippen molar-refractivity contribution in [2.45, 2.75) is 6.61 Å². The number of carboxylic acids is 1. The SMILES string of the molecule is COc1cc(/C=C2\C(=O)NC(=O)N(c3ccc(Cl)cc3)C2=O)ccc1OCc1cccc(C(=O)O)c1. The van der Waals surface area contributed by atoms with E-state index < -0.39 is 23.8 Å². The average Bonchev–Trinajstić information content (AvgIpc) is 2.86. The number of carbonyl (C=O) groups is 4. The second-order valence-electron chi connectivity index (χ2n) is 7.64. The molecule has 10 heteroatoms. The lowest BCUT2D eigenvalue weighted by molar-refractivity contribution is -0.122. The molecule has 2 N–H and O–H groups in total. The van der Waals surface area contributed by atoms with Crippen molar-refractivity contribution in [1.82, 2.24) is 5.32 Å². The summed E-state index contributed by atoms with van der Waals surface area (Å²) in [5.74, 6) is -1.95. The summed E-state index contributed by atoms with van der Waals surface area (Å²) in [6.45, 7) is 0.0942. The van der Waals surface area contributed by atoms with E-state index in [1.54, 1.807) is 30.3 Å². The number of barbiturate groups is 1. The Hall–Kier alpha value is -4.63. The molecule has 182 valence electrons. The van der Waals surface area contributed by atoms with Crippen LogP contribution < -0.4 is 19.7 Å². The van der Waals surface area contributed by atoms with Crippen molar-refractivity contribution >= 4 is 47.2 Å². The number of imide groups is 2. The third-order valence-corrected chi connectivity index (χ3v) is 5.51. The molecule has 0 unspecified atom stereocenters. The van der Waals surface area contributed by atoms with Gasteiger partial charge in [-0.25, -0.2) is 14.5 Å². The van der Waals surface area contributed by atoms with Crippen LogP contribution in [0.3, 0.4) is 0 Å². The molecule has 0 aromatic heterocycles. The van der Waals surface area contributed by atoms with Crippen LogP contribution >= 0.6 is 11.6 Å². The summed E-state index contributed by atoms with van der Waals surface area (Å²) in [6.07, 6.45) is 1.34. The van der Waals surface area contributed by atoms with E-state index in [1.165, 1.54) is 49.6 Å². The van der Waals surface area contributed by atoms with E-state index in [-0.39, 0.29) is 23.4 Å². The van der Waals surface area contributed by atoms with Gasteiger partial charge in [0.15, 0.2) is 11.5 Å². The van der Waals surface area contributed by atoms with Crippen molar-refractivity contribution in [3.8, 4) is 11.5 Å². The highest BCUT2D eigenvalue weighted by Crippen LogP contribution is 2.31. The predicted octanol–water partition coefficient (Wildman–Crippen LogP) is 4.29. The third-order valence-electron chi connectivity index (χ3n) is 5.25. The van der Waals surface area contributed by atoms with Gasteiger partial charge in [-0.2, -0.15) is 0 Å². The molecule has 1 fully saturated rings. The lowest BCUT2D eigenvalue weighted by atomic mass is 10.1. The number of anilines is 1. The number of hydrogen-bond acceptors (Lipinski definition) is 6. The number of carbonyl (C=O) groups excluding carboxylic acids is 3. The number of nitrogens with zero attached hydrogens (tertiary/aromatic N) is 1. The molecule has 1 aliphatic rings. The van der Waals surface area contributed by atoms with E-state index in [0.29, 0.717) is 27.6 Å². The Morgan fingerprint density at radius 1 is 1.03 bits per heavy atom. The zero-order chi connectivity index (χ0) is 25.8. The van der Waals surface area contributed by atoms with Crippen molar-refractivity contribution < 1.29 is 33.8 Å².